The average molecular weight is 319 g/mol. The number of carboxylic acid groups (broad SMARTS) is 1. The quantitative estimate of drug-likeness (QED) is 0.912. The molecule has 2 aromatic rings. The van der Waals surface area contributed by atoms with Gasteiger partial charge in [-0.05, 0) is 37.5 Å². The zero-order chi connectivity index (χ0) is 15.7. The second-order valence-corrected chi connectivity index (χ2v) is 5.99. The number of aromatic nitrogens is 1. The summed E-state index contributed by atoms with van der Waals surface area (Å²) in [5.41, 5.74) is 0.975. The van der Waals surface area contributed by atoms with Gasteiger partial charge in [-0.3, -0.25) is 9.59 Å². The first-order valence-electron chi connectivity index (χ1n) is 7.13. The second kappa shape index (κ2) is 5.93. The molecule has 0 spiro atoms. The third kappa shape index (κ3) is 3.04. The number of hydrogen-bond donors (Lipinski definition) is 2. The van der Waals surface area contributed by atoms with E-state index in [1.54, 1.807) is 18.2 Å². The van der Waals surface area contributed by atoms with E-state index in [0.717, 1.165) is 5.39 Å². The Bertz CT molecular complexity index is 747. The number of aliphatic carboxylic acids is 1. The van der Waals surface area contributed by atoms with Crippen LogP contribution < -0.4 is 5.32 Å². The van der Waals surface area contributed by atoms with Gasteiger partial charge in [0.15, 0.2) is 0 Å². The van der Waals surface area contributed by atoms with Crippen molar-refractivity contribution in [3.8, 4) is 0 Å². The predicted molar refractivity (Wildman–Crippen MR) is 83.0 cm³/mol. The van der Waals surface area contributed by atoms with Gasteiger partial charge in [0.05, 0.1) is 11.4 Å². The highest BCUT2D eigenvalue weighted by atomic mass is 35.5. The molecule has 2 N–H and O–H groups in total. The van der Waals surface area contributed by atoms with Crippen molar-refractivity contribution >= 4 is 34.4 Å². The molecule has 0 unspecified atom stereocenters. The third-order valence-corrected chi connectivity index (χ3v) is 4.24. The van der Waals surface area contributed by atoms with Crippen LogP contribution in [0, 0.1) is 5.92 Å². The molecule has 0 bridgehead atoms. The van der Waals surface area contributed by atoms with Gasteiger partial charge in [0.2, 0.25) is 0 Å². The summed E-state index contributed by atoms with van der Waals surface area (Å²) in [6, 6.07) is 8.71. The smallest absolute Gasteiger partial charge is 0.306 e. The van der Waals surface area contributed by atoms with Crippen LogP contribution in [0.5, 0.6) is 0 Å². The molecule has 1 aliphatic rings. The molecule has 0 radical (unpaired) electrons. The fourth-order valence-corrected chi connectivity index (χ4v) is 2.98. The Balaban J connectivity index is 1.74. The monoisotopic (exact) mass is 318 g/mol. The third-order valence-electron chi connectivity index (χ3n) is 4.00. The molecular formula is C16H15ClN2O3. The van der Waals surface area contributed by atoms with Crippen LogP contribution >= 0.6 is 11.6 Å². The normalized spacial score (nSPS) is 21.0. The number of halogens is 1. The predicted octanol–water partition coefficient (Wildman–Crippen LogP) is 2.87. The SMILES string of the molecule is O=C(N[C@@H]1CC[C@H](C(=O)O)C1)c1ccc2ccc(Cl)cc2n1. The highest BCUT2D eigenvalue weighted by Crippen LogP contribution is 2.26. The van der Waals surface area contributed by atoms with Gasteiger partial charge in [-0.15, -0.1) is 0 Å². The van der Waals surface area contributed by atoms with Crippen molar-refractivity contribution in [1.29, 1.82) is 0 Å². The molecule has 114 valence electrons. The van der Waals surface area contributed by atoms with E-state index in [1.807, 2.05) is 12.1 Å². The summed E-state index contributed by atoms with van der Waals surface area (Å²) in [5.74, 6) is -1.44. The minimum Gasteiger partial charge on any atom is -0.481 e. The van der Waals surface area contributed by atoms with Crippen molar-refractivity contribution in [1.82, 2.24) is 10.3 Å². The van der Waals surface area contributed by atoms with E-state index in [0.29, 0.717) is 35.5 Å². The molecule has 1 amide bonds. The number of benzene rings is 1. The van der Waals surface area contributed by atoms with Gasteiger partial charge >= 0.3 is 5.97 Å². The Morgan fingerprint density at radius 2 is 2.00 bits per heavy atom. The Hall–Kier alpha value is -2.14. The largest absolute Gasteiger partial charge is 0.481 e. The van der Waals surface area contributed by atoms with E-state index >= 15 is 0 Å². The maximum Gasteiger partial charge on any atom is 0.306 e. The number of carboxylic acids is 1. The van der Waals surface area contributed by atoms with Crippen LogP contribution in [-0.2, 0) is 4.79 Å². The number of carbonyl (C=O) groups is 2. The maximum atomic E-state index is 12.3. The summed E-state index contributed by atoms with van der Waals surface area (Å²) in [4.78, 5) is 27.5. The molecule has 1 aliphatic carbocycles. The first-order chi connectivity index (χ1) is 10.5. The van der Waals surface area contributed by atoms with Crippen LogP contribution in [0.2, 0.25) is 5.02 Å². The van der Waals surface area contributed by atoms with Gasteiger partial charge in [0.1, 0.15) is 5.69 Å². The number of fused-ring (bicyclic) bond motifs is 1. The van der Waals surface area contributed by atoms with Gasteiger partial charge in [0, 0.05) is 16.5 Å². The van der Waals surface area contributed by atoms with E-state index in [4.69, 9.17) is 16.7 Å². The van der Waals surface area contributed by atoms with Crippen LogP contribution in [0.15, 0.2) is 30.3 Å². The minimum atomic E-state index is -0.796. The highest BCUT2D eigenvalue weighted by molar-refractivity contribution is 6.31. The Kier molecular flexibility index (Phi) is 3.98. The molecule has 1 saturated carbocycles. The molecular weight excluding hydrogens is 304 g/mol. The number of pyridine rings is 1. The zero-order valence-corrected chi connectivity index (χ0v) is 12.5. The molecule has 0 aliphatic heterocycles. The lowest BCUT2D eigenvalue weighted by Crippen LogP contribution is -2.33. The van der Waals surface area contributed by atoms with E-state index < -0.39 is 5.97 Å². The summed E-state index contributed by atoms with van der Waals surface area (Å²) in [7, 11) is 0. The average Bonchev–Trinajstić information content (AvgIpc) is 2.95. The topological polar surface area (TPSA) is 79.3 Å². The number of rotatable bonds is 3. The fourth-order valence-electron chi connectivity index (χ4n) is 2.81. The summed E-state index contributed by atoms with van der Waals surface area (Å²) in [6.07, 6.45) is 1.75. The van der Waals surface area contributed by atoms with Gasteiger partial charge in [-0.1, -0.05) is 23.7 Å². The van der Waals surface area contributed by atoms with Crippen molar-refractivity contribution in [3.63, 3.8) is 0 Å². The first-order valence-corrected chi connectivity index (χ1v) is 7.51. The van der Waals surface area contributed by atoms with E-state index in [9.17, 15) is 9.59 Å². The van der Waals surface area contributed by atoms with Crippen LogP contribution in [0.1, 0.15) is 29.8 Å². The fraction of sp³-hybridized carbons (Fsp3) is 0.312. The zero-order valence-electron chi connectivity index (χ0n) is 11.8. The van der Waals surface area contributed by atoms with Gasteiger partial charge in [0.25, 0.3) is 5.91 Å². The number of nitrogens with zero attached hydrogens (tertiary/aromatic N) is 1. The summed E-state index contributed by atoms with van der Waals surface area (Å²) < 4.78 is 0. The van der Waals surface area contributed by atoms with Crippen molar-refractivity contribution < 1.29 is 14.7 Å². The molecule has 22 heavy (non-hydrogen) atoms. The van der Waals surface area contributed by atoms with E-state index in [1.165, 1.54) is 0 Å². The Morgan fingerprint density at radius 1 is 1.23 bits per heavy atom. The molecule has 1 aromatic heterocycles. The first kappa shape index (κ1) is 14.8. The molecule has 1 aromatic carbocycles. The molecule has 6 heteroatoms. The summed E-state index contributed by atoms with van der Waals surface area (Å²) in [5, 5.41) is 13.3. The lowest BCUT2D eigenvalue weighted by Gasteiger charge is -2.12. The standard InChI is InChI=1S/C16H15ClN2O3/c17-11-4-1-9-3-6-13(19-14(9)8-11)15(20)18-12-5-2-10(7-12)16(21)22/h1,3-4,6,8,10,12H,2,5,7H2,(H,18,20)(H,21,22)/t10-,12+/m0/s1. The Labute approximate surface area is 132 Å². The minimum absolute atomic E-state index is 0.106. The van der Waals surface area contributed by atoms with Gasteiger partial charge < -0.3 is 10.4 Å². The molecule has 1 fully saturated rings. The Morgan fingerprint density at radius 3 is 2.73 bits per heavy atom. The molecule has 1 heterocycles. The van der Waals surface area contributed by atoms with E-state index in [-0.39, 0.29) is 17.9 Å². The second-order valence-electron chi connectivity index (χ2n) is 5.55. The number of hydrogen-bond acceptors (Lipinski definition) is 3. The molecule has 3 rings (SSSR count). The number of amides is 1. The number of nitrogens with one attached hydrogen (secondary N) is 1. The van der Waals surface area contributed by atoms with Gasteiger partial charge in [-0.25, -0.2) is 4.98 Å². The van der Waals surface area contributed by atoms with E-state index in [2.05, 4.69) is 10.3 Å². The van der Waals surface area contributed by atoms with Crippen LogP contribution in [0.25, 0.3) is 10.9 Å². The lowest BCUT2D eigenvalue weighted by molar-refractivity contribution is -0.141. The molecule has 2 atom stereocenters. The highest BCUT2D eigenvalue weighted by Gasteiger charge is 2.30. The van der Waals surface area contributed by atoms with Crippen molar-refractivity contribution in [2.24, 2.45) is 5.92 Å². The summed E-state index contributed by atoms with van der Waals surface area (Å²) in [6.45, 7) is 0. The van der Waals surface area contributed by atoms with Crippen LogP contribution in [0.3, 0.4) is 0 Å². The maximum absolute atomic E-state index is 12.3. The summed E-state index contributed by atoms with van der Waals surface area (Å²) >= 11 is 5.94. The van der Waals surface area contributed by atoms with Crippen molar-refractivity contribution in [2.45, 2.75) is 25.3 Å². The van der Waals surface area contributed by atoms with Gasteiger partial charge in [-0.2, -0.15) is 0 Å². The van der Waals surface area contributed by atoms with Crippen LogP contribution in [-0.4, -0.2) is 28.0 Å². The lowest BCUT2D eigenvalue weighted by atomic mass is 10.1. The van der Waals surface area contributed by atoms with Crippen LogP contribution in [0.4, 0.5) is 0 Å². The molecule has 5 nitrogen and oxygen atoms in total. The van der Waals surface area contributed by atoms with Crippen molar-refractivity contribution in [2.75, 3.05) is 0 Å². The number of carbonyl (C=O) groups excluding carboxylic acids is 1. The molecule has 0 saturated heterocycles. The van der Waals surface area contributed by atoms with Crippen molar-refractivity contribution in [3.05, 3.63) is 41.0 Å².